The van der Waals surface area contributed by atoms with Crippen molar-refractivity contribution in [3.05, 3.63) is 65.1 Å². The monoisotopic (exact) mass is 393 g/mol. The SMILES string of the molecule is CCc1cc(C)c(Oc2ccnc3ccc(C(=O)N4CCNCC4)cc23)cc1F. The molecular formula is C23H24FN3O2. The average molecular weight is 393 g/mol. The van der Waals surface area contributed by atoms with Crippen LogP contribution in [0.15, 0.2) is 42.6 Å². The van der Waals surface area contributed by atoms with Crippen LogP contribution in [0, 0.1) is 12.7 Å². The predicted octanol–water partition coefficient (Wildman–Crippen LogP) is 4.08. The van der Waals surface area contributed by atoms with Crippen LogP contribution < -0.4 is 10.1 Å². The number of rotatable bonds is 4. The van der Waals surface area contributed by atoms with E-state index < -0.39 is 0 Å². The summed E-state index contributed by atoms with van der Waals surface area (Å²) in [4.78, 5) is 19.1. The summed E-state index contributed by atoms with van der Waals surface area (Å²) in [6.45, 7) is 6.80. The van der Waals surface area contributed by atoms with Crippen LogP contribution in [0.1, 0.15) is 28.4 Å². The van der Waals surface area contributed by atoms with Crippen LogP contribution >= 0.6 is 0 Å². The van der Waals surface area contributed by atoms with Gasteiger partial charge in [0.1, 0.15) is 17.3 Å². The summed E-state index contributed by atoms with van der Waals surface area (Å²) in [5, 5.41) is 3.98. The van der Waals surface area contributed by atoms with Gasteiger partial charge in [-0.1, -0.05) is 6.92 Å². The predicted molar refractivity (Wildman–Crippen MR) is 111 cm³/mol. The lowest BCUT2D eigenvalue weighted by Gasteiger charge is -2.27. The van der Waals surface area contributed by atoms with Gasteiger partial charge in [-0.25, -0.2) is 4.39 Å². The van der Waals surface area contributed by atoms with Crippen LogP contribution in [-0.4, -0.2) is 42.0 Å². The molecule has 0 aliphatic carbocycles. The number of nitrogens with one attached hydrogen (secondary N) is 1. The van der Waals surface area contributed by atoms with Crippen molar-refractivity contribution in [2.45, 2.75) is 20.3 Å². The molecule has 6 heteroatoms. The number of hydrogen-bond donors (Lipinski definition) is 1. The molecule has 0 bridgehead atoms. The van der Waals surface area contributed by atoms with E-state index in [1.54, 1.807) is 18.3 Å². The van der Waals surface area contributed by atoms with E-state index in [9.17, 15) is 9.18 Å². The van der Waals surface area contributed by atoms with E-state index in [2.05, 4.69) is 10.3 Å². The van der Waals surface area contributed by atoms with E-state index in [-0.39, 0.29) is 11.7 Å². The minimum Gasteiger partial charge on any atom is -0.456 e. The lowest BCUT2D eigenvalue weighted by molar-refractivity contribution is 0.0736. The highest BCUT2D eigenvalue weighted by atomic mass is 19.1. The Hall–Kier alpha value is -2.99. The van der Waals surface area contributed by atoms with Gasteiger partial charge < -0.3 is 15.0 Å². The van der Waals surface area contributed by atoms with Gasteiger partial charge in [0.05, 0.1) is 5.52 Å². The van der Waals surface area contributed by atoms with E-state index in [1.807, 2.05) is 36.9 Å². The van der Waals surface area contributed by atoms with E-state index in [1.165, 1.54) is 6.07 Å². The van der Waals surface area contributed by atoms with Gasteiger partial charge in [-0.15, -0.1) is 0 Å². The first kappa shape index (κ1) is 19.3. The van der Waals surface area contributed by atoms with Gasteiger partial charge in [-0.3, -0.25) is 9.78 Å². The fourth-order valence-corrected chi connectivity index (χ4v) is 3.62. The maximum absolute atomic E-state index is 14.3. The first-order chi connectivity index (χ1) is 14.1. The molecule has 2 aromatic carbocycles. The van der Waals surface area contributed by atoms with Crippen LogP contribution in [-0.2, 0) is 6.42 Å². The highest BCUT2D eigenvalue weighted by molar-refractivity contribution is 5.99. The number of aromatic nitrogens is 1. The first-order valence-corrected chi connectivity index (χ1v) is 9.92. The lowest BCUT2D eigenvalue weighted by atomic mass is 10.1. The number of nitrogens with zero attached hydrogens (tertiary/aromatic N) is 2. The second-order valence-electron chi connectivity index (χ2n) is 7.25. The Bertz CT molecular complexity index is 1060. The van der Waals surface area contributed by atoms with Crippen molar-refractivity contribution in [3.63, 3.8) is 0 Å². The summed E-state index contributed by atoms with van der Waals surface area (Å²) in [5.74, 6) is 0.738. The molecule has 1 saturated heterocycles. The number of carbonyl (C=O) groups is 1. The van der Waals surface area contributed by atoms with Crippen molar-refractivity contribution in [3.8, 4) is 11.5 Å². The second-order valence-corrected chi connectivity index (χ2v) is 7.25. The van der Waals surface area contributed by atoms with Crippen molar-refractivity contribution in [2.24, 2.45) is 0 Å². The molecule has 1 fully saturated rings. The zero-order chi connectivity index (χ0) is 20.4. The maximum atomic E-state index is 14.3. The maximum Gasteiger partial charge on any atom is 0.253 e. The smallest absolute Gasteiger partial charge is 0.253 e. The summed E-state index contributed by atoms with van der Waals surface area (Å²) >= 11 is 0. The first-order valence-electron chi connectivity index (χ1n) is 9.92. The minimum absolute atomic E-state index is 0.00210. The molecular weight excluding hydrogens is 369 g/mol. The number of carbonyl (C=O) groups excluding carboxylic acids is 1. The second kappa shape index (κ2) is 8.17. The van der Waals surface area contributed by atoms with Crippen molar-refractivity contribution < 1.29 is 13.9 Å². The van der Waals surface area contributed by atoms with E-state index in [4.69, 9.17) is 4.74 Å². The molecule has 1 aromatic heterocycles. The van der Waals surface area contributed by atoms with Gasteiger partial charge in [0, 0.05) is 49.4 Å². The van der Waals surface area contributed by atoms with Crippen molar-refractivity contribution in [1.82, 2.24) is 15.2 Å². The van der Waals surface area contributed by atoms with Crippen LogP contribution in [0.3, 0.4) is 0 Å². The Balaban J connectivity index is 1.70. The fourth-order valence-electron chi connectivity index (χ4n) is 3.62. The normalized spacial score (nSPS) is 14.2. The summed E-state index contributed by atoms with van der Waals surface area (Å²) in [5.41, 5.74) is 2.85. The van der Waals surface area contributed by atoms with Gasteiger partial charge >= 0.3 is 0 Å². The molecule has 5 nitrogen and oxygen atoms in total. The molecule has 1 aliphatic rings. The van der Waals surface area contributed by atoms with Gasteiger partial charge in [0.2, 0.25) is 0 Å². The van der Waals surface area contributed by atoms with Gasteiger partial charge in [-0.2, -0.15) is 0 Å². The number of piperazine rings is 1. The van der Waals surface area contributed by atoms with Gasteiger partial charge in [-0.05, 0) is 54.8 Å². The molecule has 29 heavy (non-hydrogen) atoms. The summed E-state index contributed by atoms with van der Waals surface area (Å²) in [6, 6.07) is 10.4. The third-order valence-corrected chi connectivity index (χ3v) is 5.30. The molecule has 4 rings (SSSR count). The number of hydrogen-bond acceptors (Lipinski definition) is 4. The number of amides is 1. The standard InChI is InChI=1S/C23H24FN3O2/c1-3-16-12-15(2)22(14-19(16)24)29-21-6-7-26-20-5-4-17(13-18(20)21)23(28)27-10-8-25-9-11-27/h4-7,12-14,25H,3,8-11H2,1-2H3. The quantitative estimate of drug-likeness (QED) is 0.726. The van der Waals surface area contributed by atoms with Crippen molar-refractivity contribution in [1.29, 1.82) is 0 Å². The molecule has 2 heterocycles. The zero-order valence-corrected chi connectivity index (χ0v) is 16.7. The van der Waals surface area contributed by atoms with Crippen LogP contribution in [0.5, 0.6) is 11.5 Å². The molecule has 0 radical (unpaired) electrons. The lowest BCUT2D eigenvalue weighted by Crippen LogP contribution is -2.46. The Morgan fingerprint density at radius 1 is 1.17 bits per heavy atom. The number of halogens is 1. The molecule has 150 valence electrons. The molecule has 1 amide bonds. The Morgan fingerprint density at radius 2 is 1.97 bits per heavy atom. The number of benzene rings is 2. The Kier molecular flexibility index (Phi) is 5.45. The van der Waals surface area contributed by atoms with E-state index in [0.29, 0.717) is 42.1 Å². The van der Waals surface area contributed by atoms with Crippen LogP contribution in [0.25, 0.3) is 10.9 Å². The summed E-state index contributed by atoms with van der Waals surface area (Å²) in [6.07, 6.45) is 2.28. The number of fused-ring (bicyclic) bond motifs is 1. The van der Waals surface area contributed by atoms with Gasteiger partial charge in [0.25, 0.3) is 5.91 Å². The highest BCUT2D eigenvalue weighted by Gasteiger charge is 2.19. The number of aryl methyl sites for hydroxylation is 2. The summed E-state index contributed by atoms with van der Waals surface area (Å²) in [7, 11) is 0. The van der Waals surface area contributed by atoms with E-state index in [0.717, 1.165) is 29.6 Å². The third kappa shape index (κ3) is 3.93. The molecule has 1 N–H and O–H groups in total. The average Bonchev–Trinajstić information content (AvgIpc) is 2.76. The highest BCUT2D eigenvalue weighted by Crippen LogP contribution is 2.32. The molecule has 0 saturated carbocycles. The topological polar surface area (TPSA) is 54.5 Å². The fraction of sp³-hybridized carbons (Fsp3) is 0.304. The largest absolute Gasteiger partial charge is 0.456 e. The Morgan fingerprint density at radius 3 is 2.72 bits per heavy atom. The van der Waals surface area contributed by atoms with Crippen molar-refractivity contribution >= 4 is 16.8 Å². The minimum atomic E-state index is -0.277. The molecule has 1 aliphatic heterocycles. The number of pyridine rings is 1. The molecule has 0 spiro atoms. The molecule has 0 unspecified atom stereocenters. The van der Waals surface area contributed by atoms with Crippen LogP contribution in [0.2, 0.25) is 0 Å². The van der Waals surface area contributed by atoms with Crippen molar-refractivity contribution in [2.75, 3.05) is 26.2 Å². The third-order valence-electron chi connectivity index (χ3n) is 5.30. The molecule has 3 aromatic rings. The zero-order valence-electron chi connectivity index (χ0n) is 16.7. The van der Waals surface area contributed by atoms with Gasteiger partial charge in [0.15, 0.2) is 0 Å². The Labute approximate surface area is 169 Å². The summed E-state index contributed by atoms with van der Waals surface area (Å²) < 4.78 is 20.3. The van der Waals surface area contributed by atoms with Crippen LogP contribution in [0.4, 0.5) is 4.39 Å². The molecule has 0 atom stereocenters. The number of ether oxygens (including phenoxy) is 1. The van der Waals surface area contributed by atoms with E-state index >= 15 is 0 Å².